The Kier molecular flexibility index (Phi) is 35.7. The molecule has 0 rings (SSSR count). The number of ether oxygens (including phenoxy) is 3. The number of unbranched alkanes of at least 4 members (excludes halogenated alkanes) is 24. The van der Waals surface area contributed by atoms with Crippen LogP contribution in [0.5, 0.6) is 0 Å². The number of carbonyl (C=O) groups excluding carboxylic acids is 3. The average Bonchev–Trinajstić information content (AvgIpc) is 3.11. The van der Waals surface area contributed by atoms with E-state index in [2.05, 4.69) is 26.0 Å². The van der Waals surface area contributed by atoms with Crippen molar-refractivity contribution in [2.24, 2.45) is 0 Å². The summed E-state index contributed by atoms with van der Waals surface area (Å²) in [6, 6.07) is -0.722. The maximum Gasteiger partial charge on any atom is 0.306 e. The Morgan fingerprint density at radius 1 is 0.547 bits per heavy atom. The van der Waals surface area contributed by atoms with Crippen molar-refractivity contribution in [3.63, 3.8) is 0 Å². The third kappa shape index (κ3) is 35.5. The van der Waals surface area contributed by atoms with Gasteiger partial charge in [-0.2, -0.15) is 0 Å². The molecule has 312 valence electrons. The number of quaternary nitrogens is 1. The number of allylic oxidation sites excluding steroid dienone is 2. The van der Waals surface area contributed by atoms with Crippen LogP contribution >= 0.6 is 0 Å². The fourth-order valence-electron chi connectivity index (χ4n) is 6.65. The van der Waals surface area contributed by atoms with Crippen LogP contribution in [0.25, 0.3) is 0 Å². The lowest BCUT2D eigenvalue weighted by Gasteiger charge is -2.34. The highest BCUT2D eigenvalue weighted by Gasteiger charge is 2.25. The van der Waals surface area contributed by atoms with Crippen LogP contribution < -0.4 is 5.11 Å². The zero-order chi connectivity index (χ0) is 39.3. The number of hydrogen-bond acceptors (Lipinski definition) is 7. The van der Waals surface area contributed by atoms with E-state index in [9.17, 15) is 19.5 Å². The highest BCUT2D eigenvalue weighted by atomic mass is 16.6. The second kappa shape index (κ2) is 37.0. The van der Waals surface area contributed by atoms with Crippen molar-refractivity contribution in [1.82, 2.24) is 0 Å². The molecule has 53 heavy (non-hydrogen) atoms. The lowest BCUT2D eigenvalue weighted by Crippen LogP contribution is -2.55. The van der Waals surface area contributed by atoms with Crippen LogP contribution in [-0.4, -0.2) is 75.5 Å². The van der Waals surface area contributed by atoms with Crippen molar-refractivity contribution in [2.75, 3.05) is 41.0 Å². The normalized spacial score (nSPS) is 13.0. The molecule has 0 saturated carbocycles. The molecule has 0 radical (unpaired) electrons. The Morgan fingerprint density at radius 3 is 1.40 bits per heavy atom. The Morgan fingerprint density at radius 2 is 0.943 bits per heavy atom. The number of likely N-dealkylation sites (N-methyl/N-ethyl adjacent to an activating group) is 1. The van der Waals surface area contributed by atoms with Crippen molar-refractivity contribution in [1.29, 1.82) is 0 Å². The first kappa shape index (κ1) is 51.1. The summed E-state index contributed by atoms with van der Waals surface area (Å²) in [5.74, 6) is -1.73. The van der Waals surface area contributed by atoms with Gasteiger partial charge in [0.25, 0.3) is 0 Å². The van der Waals surface area contributed by atoms with E-state index >= 15 is 0 Å². The predicted molar refractivity (Wildman–Crippen MR) is 217 cm³/mol. The van der Waals surface area contributed by atoms with Gasteiger partial charge in [-0.3, -0.25) is 9.59 Å². The summed E-state index contributed by atoms with van der Waals surface area (Å²) in [5.41, 5.74) is 0. The molecule has 0 aromatic heterocycles. The average molecular weight is 752 g/mol. The Labute approximate surface area is 327 Å². The molecule has 0 bridgehead atoms. The number of esters is 2. The third-order valence-electron chi connectivity index (χ3n) is 10.2. The maximum atomic E-state index is 12.7. The summed E-state index contributed by atoms with van der Waals surface area (Å²) in [4.78, 5) is 36.8. The van der Waals surface area contributed by atoms with Gasteiger partial charge >= 0.3 is 11.9 Å². The summed E-state index contributed by atoms with van der Waals surface area (Å²) in [6.07, 6.45) is 38.0. The first-order valence-electron chi connectivity index (χ1n) is 22.2. The highest BCUT2D eigenvalue weighted by molar-refractivity contribution is 5.70. The van der Waals surface area contributed by atoms with Gasteiger partial charge in [0.05, 0.1) is 40.3 Å². The minimum absolute atomic E-state index is 0.0437. The van der Waals surface area contributed by atoms with E-state index in [1.165, 1.54) is 122 Å². The Balaban J connectivity index is 4.30. The van der Waals surface area contributed by atoms with Gasteiger partial charge in [-0.1, -0.05) is 161 Å². The second-order valence-corrected chi connectivity index (χ2v) is 16.3. The van der Waals surface area contributed by atoms with E-state index in [1.54, 1.807) is 21.1 Å². The van der Waals surface area contributed by atoms with Gasteiger partial charge in [0.2, 0.25) is 0 Å². The fraction of sp³-hybridized carbons (Fsp3) is 0.889. The first-order valence-corrected chi connectivity index (χ1v) is 22.2. The Hall–Kier alpha value is -1.93. The summed E-state index contributed by atoms with van der Waals surface area (Å²) < 4.78 is 17.2. The number of hydrogen-bond donors (Lipinski definition) is 0. The van der Waals surface area contributed by atoms with E-state index in [0.717, 1.165) is 51.4 Å². The molecule has 0 amide bonds. The smallest absolute Gasteiger partial charge is 0.306 e. The number of carbonyl (C=O) groups is 3. The molecule has 0 fully saturated rings. The van der Waals surface area contributed by atoms with E-state index in [1.807, 2.05) is 0 Å². The molecule has 0 aromatic carbocycles. The van der Waals surface area contributed by atoms with E-state index in [-0.39, 0.29) is 42.7 Å². The molecule has 0 aliphatic heterocycles. The molecule has 0 aliphatic rings. The molecule has 8 nitrogen and oxygen atoms in total. The summed E-state index contributed by atoms with van der Waals surface area (Å²) in [7, 11) is 5.41. The Bertz CT molecular complexity index is 885. The fourth-order valence-corrected chi connectivity index (χ4v) is 6.65. The molecule has 0 spiro atoms. The van der Waals surface area contributed by atoms with Gasteiger partial charge in [-0.15, -0.1) is 0 Å². The molecule has 2 unspecified atom stereocenters. The zero-order valence-corrected chi connectivity index (χ0v) is 35.4. The molecular weight excluding hydrogens is 666 g/mol. The van der Waals surface area contributed by atoms with Crippen molar-refractivity contribution in [3.8, 4) is 0 Å². The summed E-state index contributed by atoms with van der Waals surface area (Å²) >= 11 is 0. The number of carboxylic acid groups (broad SMARTS) is 1. The second-order valence-electron chi connectivity index (χ2n) is 16.3. The molecular formula is C45H85NO7. The van der Waals surface area contributed by atoms with E-state index in [4.69, 9.17) is 14.2 Å². The first-order chi connectivity index (χ1) is 25.6. The number of nitrogens with zero attached hydrogens (tertiary/aromatic N) is 1. The molecule has 0 N–H and O–H groups in total. The monoisotopic (exact) mass is 752 g/mol. The number of rotatable bonds is 40. The van der Waals surface area contributed by atoms with Gasteiger partial charge < -0.3 is 28.6 Å². The molecule has 8 heteroatoms. The topological polar surface area (TPSA) is 102 Å². The minimum Gasteiger partial charge on any atom is -0.544 e. The lowest BCUT2D eigenvalue weighted by atomic mass is 10.0. The predicted octanol–water partition coefficient (Wildman–Crippen LogP) is 10.6. The van der Waals surface area contributed by atoms with Crippen molar-refractivity contribution < 1.29 is 38.2 Å². The van der Waals surface area contributed by atoms with E-state index < -0.39 is 18.1 Å². The van der Waals surface area contributed by atoms with Crippen molar-refractivity contribution >= 4 is 17.9 Å². The zero-order valence-electron chi connectivity index (χ0n) is 35.4. The summed E-state index contributed by atoms with van der Waals surface area (Å²) in [6.45, 7) is 4.65. The van der Waals surface area contributed by atoms with Gasteiger partial charge in [-0.05, 0) is 38.5 Å². The van der Waals surface area contributed by atoms with Gasteiger partial charge in [0, 0.05) is 19.3 Å². The lowest BCUT2D eigenvalue weighted by molar-refractivity contribution is -0.889. The largest absolute Gasteiger partial charge is 0.544 e. The van der Waals surface area contributed by atoms with Crippen LogP contribution in [-0.2, 0) is 28.6 Å². The quantitative estimate of drug-likeness (QED) is 0.0266. The maximum absolute atomic E-state index is 12.7. The summed E-state index contributed by atoms with van der Waals surface area (Å²) in [5, 5.41) is 11.6. The van der Waals surface area contributed by atoms with Gasteiger partial charge in [0.15, 0.2) is 6.10 Å². The molecule has 0 aliphatic carbocycles. The number of carboxylic acids is 1. The molecule has 0 heterocycles. The van der Waals surface area contributed by atoms with Crippen molar-refractivity contribution in [2.45, 2.75) is 219 Å². The van der Waals surface area contributed by atoms with E-state index in [0.29, 0.717) is 12.8 Å². The van der Waals surface area contributed by atoms with Crippen LogP contribution in [0.1, 0.15) is 206 Å². The van der Waals surface area contributed by atoms with Crippen LogP contribution in [0.3, 0.4) is 0 Å². The highest BCUT2D eigenvalue weighted by Crippen LogP contribution is 2.15. The van der Waals surface area contributed by atoms with Gasteiger partial charge in [-0.25, -0.2) is 0 Å². The molecule has 0 saturated heterocycles. The number of aliphatic carboxylic acids is 1. The molecule has 0 aromatic rings. The van der Waals surface area contributed by atoms with Gasteiger partial charge in [0.1, 0.15) is 12.6 Å². The van der Waals surface area contributed by atoms with Crippen molar-refractivity contribution in [3.05, 3.63) is 12.2 Å². The minimum atomic E-state index is -1.12. The van der Waals surface area contributed by atoms with Crippen LogP contribution in [0.4, 0.5) is 0 Å². The van der Waals surface area contributed by atoms with Crippen LogP contribution in [0.15, 0.2) is 12.2 Å². The van der Waals surface area contributed by atoms with Crippen LogP contribution in [0.2, 0.25) is 0 Å². The third-order valence-corrected chi connectivity index (χ3v) is 10.2. The SMILES string of the molecule is CCCCC/C=C/CCCCCCCC(=O)OCC(COCCC(C(=O)[O-])[N+](C)(C)C)OC(=O)CCCCCCCCCCCCCCCCCCC. The van der Waals surface area contributed by atoms with Crippen LogP contribution in [0, 0.1) is 0 Å². The molecule has 2 atom stereocenters. The standard InChI is InChI=1S/C45H85NO7/c1-6-8-10-12-14-16-18-20-21-22-23-24-26-28-30-32-34-36-44(48)53-41(39-51-38-37-42(45(49)50)46(3,4)5)40-52-43(47)35-33-31-29-27-25-19-17-15-13-11-9-7-2/h15,17,41-42H,6-14,16,18-40H2,1-5H3/b17-15+.